The maximum atomic E-state index is 12.2. The molecule has 1 amide bonds. The summed E-state index contributed by atoms with van der Waals surface area (Å²) in [5, 5.41) is 0. The highest BCUT2D eigenvalue weighted by molar-refractivity contribution is 5.93. The van der Waals surface area contributed by atoms with Gasteiger partial charge in [0.2, 0.25) is 5.91 Å². The normalized spacial score (nSPS) is 11.1. The topological polar surface area (TPSA) is 46.3 Å². The van der Waals surface area contributed by atoms with E-state index in [1.165, 1.54) is 5.56 Å². The second kappa shape index (κ2) is 7.29. The first-order valence-corrected chi connectivity index (χ1v) is 7.06. The SMILES string of the molecule is CC(C)CC(=O)N(CCN)c1ccc(C(C)C)cc1. The van der Waals surface area contributed by atoms with E-state index in [0.717, 1.165) is 5.69 Å². The smallest absolute Gasteiger partial charge is 0.227 e. The Morgan fingerprint density at radius 2 is 1.74 bits per heavy atom. The van der Waals surface area contributed by atoms with Crippen LogP contribution in [-0.2, 0) is 4.79 Å². The predicted molar refractivity (Wildman–Crippen MR) is 81.4 cm³/mol. The van der Waals surface area contributed by atoms with Crippen LogP contribution in [-0.4, -0.2) is 19.0 Å². The van der Waals surface area contributed by atoms with Crippen LogP contribution in [0.25, 0.3) is 0 Å². The van der Waals surface area contributed by atoms with E-state index in [1.807, 2.05) is 12.1 Å². The zero-order valence-corrected chi connectivity index (χ0v) is 12.5. The maximum Gasteiger partial charge on any atom is 0.227 e. The van der Waals surface area contributed by atoms with Crippen molar-refractivity contribution in [1.82, 2.24) is 0 Å². The van der Waals surface area contributed by atoms with Gasteiger partial charge in [-0.3, -0.25) is 4.79 Å². The van der Waals surface area contributed by atoms with E-state index in [4.69, 9.17) is 5.73 Å². The zero-order chi connectivity index (χ0) is 14.4. The average molecular weight is 262 g/mol. The largest absolute Gasteiger partial charge is 0.329 e. The number of amides is 1. The molecular weight excluding hydrogens is 236 g/mol. The first kappa shape index (κ1) is 15.7. The molecule has 3 nitrogen and oxygen atoms in total. The van der Waals surface area contributed by atoms with Crippen molar-refractivity contribution in [2.24, 2.45) is 11.7 Å². The molecule has 1 rings (SSSR count). The first-order chi connectivity index (χ1) is 8.95. The lowest BCUT2D eigenvalue weighted by atomic mass is 10.0. The second-order valence-electron chi connectivity index (χ2n) is 5.68. The highest BCUT2D eigenvalue weighted by Gasteiger charge is 2.16. The van der Waals surface area contributed by atoms with E-state index in [0.29, 0.717) is 31.3 Å². The highest BCUT2D eigenvalue weighted by Crippen LogP contribution is 2.21. The van der Waals surface area contributed by atoms with Crippen LogP contribution in [0.4, 0.5) is 5.69 Å². The minimum atomic E-state index is 0.151. The fourth-order valence-corrected chi connectivity index (χ4v) is 2.03. The fourth-order valence-electron chi connectivity index (χ4n) is 2.03. The summed E-state index contributed by atoms with van der Waals surface area (Å²) in [4.78, 5) is 14.0. The van der Waals surface area contributed by atoms with Gasteiger partial charge in [-0.2, -0.15) is 0 Å². The van der Waals surface area contributed by atoms with Crippen LogP contribution in [0, 0.1) is 5.92 Å². The maximum absolute atomic E-state index is 12.2. The molecule has 106 valence electrons. The molecule has 1 aromatic rings. The van der Waals surface area contributed by atoms with Crippen molar-refractivity contribution >= 4 is 11.6 Å². The van der Waals surface area contributed by atoms with Gasteiger partial charge in [-0.1, -0.05) is 39.8 Å². The molecule has 0 spiro atoms. The summed E-state index contributed by atoms with van der Waals surface area (Å²) in [6, 6.07) is 8.21. The summed E-state index contributed by atoms with van der Waals surface area (Å²) in [5.74, 6) is 1.02. The van der Waals surface area contributed by atoms with Gasteiger partial charge in [0.1, 0.15) is 0 Å². The molecule has 2 N–H and O–H groups in total. The highest BCUT2D eigenvalue weighted by atomic mass is 16.2. The Balaban J connectivity index is 2.89. The number of nitrogens with zero attached hydrogens (tertiary/aromatic N) is 1. The quantitative estimate of drug-likeness (QED) is 0.856. The molecule has 0 aliphatic rings. The van der Waals surface area contributed by atoms with Crippen LogP contribution < -0.4 is 10.6 Å². The van der Waals surface area contributed by atoms with Crippen LogP contribution in [0.5, 0.6) is 0 Å². The Morgan fingerprint density at radius 1 is 1.16 bits per heavy atom. The first-order valence-electron chi connectivity index (χ1n) is 7.06. The summed E-state index contributed by atoms with van der Waals surface area (Å²) >= 11 is 0. The minimum absolute atomic E-state index is 0.151. The predicted octanol–water partition coefficient (Wildman–Crippen LogP) is 3.15. The van der Waals surface area contributed by atoms with Crippen molar-refractivity contribution < 1.29 is 4.79 Å². The third kappa shape index (κ3) is 4.67. The Bertz CT molecular complexity index is 396. The van der Waals surface area contributed by atoms with E-state index in [1.54, 1.807) is 4.90 Å². The van der Waals surface area contributed by atoms with Gasteiger partial charge < -0.3 is 10.6 Å². The Morgan fingerprint density at radius 3 is 2.16 bits per heavy atom. The molecule has 0 aliphatic carbocycles. The molecule has 1 aromatic carbocycles. The molecule has 0 aliphatic heterocycles. The molecule has 0 atom stereocenters. The number of carbonyl (C=O) groups is 1. The Hall–Kier alpha value is -1.35. The van der Waals surface area contributed by atoms with Gasteiger partial charge in [0.15, 0.2) is 0 Å². The van der Waals surface area contributed by atoms with Crippen molar-refractivity contribution in [3.8, 4) is 0 Å². The summed E-state index contributed by atoms with van der Waals surface area (Å²) in [6.07, 6.45) is 0.561. The van der Waals surface area contributed by atoms with Crippen LogP contribution in [0.2, 0.25) is 0 Å². The standard InChI is InChI=1S/C16H26N2O/c1-12(2)11-16(19)18(10-9-17)15-7-5-14(6-8-15)13(3)4/h5-8,12-13H,9-11,17H2,1-4H3. The van der Waals surface area contributed by atoms with Crippen molar-refractivity contribution in [2.75, 3.05) is 18.0 Å². The van der Waals surface area contributed by atoms with Gasteiger partial charge in [-0.05, 0) is 29.5 Å². The molecule has 0 unspecified atom stereocenters. The van der Waals surface area contributed by atoms with E-state index in [9.17, 15) is 4.79 Å². The average Bonchev–Trinajstić information content (AvgIpc) is 2.35. The van der Waals surface area contributed by atoms with Crippen LogP contribution in [0.3, 0.4) is 0 Å². The molecule has 19 heavy (non-hydrogen) atoms. The number of hydrogen-bond acceptors (Lipinski definition) is 2. The van der Waals surface area contributed by atoms with Crippen LogP contribution in [0.1, 0.15) is 45.6 Å². The fraction of sp³-hybridized carbons (Fsp3) is 0.562. The summed E-state index contributed by atoms with van der Waals surface area (Å²) in [7, 11) is 0. The monoisotopic (exact) mass is 262 g/mol. The van der Waals surface area contributed by atoms with E-state index in [-0.39, 0.29) is 5.91 Å². The van der Waals surface area contributed by atoms with Crippen molar-refractivity contribution in [3.05, 3.63) is 29.8 Å². The third-order valence-electron chi connectivity index (χ3n) is 3.11. The molecular formula is C16H26N2O. The molecule has 0 saturated carbocycles. The number of anilines is 1. The number of rotatable bonds is 6. The third-order valence-corrected chi connectivity index (χ3v) is 3.11. The van der Waals surface area contributed by atoms with Crippen molar-refractivity contribution in [1.29, 1.82) is 0 Å². The van der Waals surface area contributed by atoms with Gasteiger partial charge in [-0.25, -0.2) is 0 Å². The molecule has 0 aromatic heterocycles. The van der Waals surface area contributed by atoms with E-state index < -0.39 is 0 Å². The van der Waals surface area contributed by atoms with E-state index in [2.05, 4.69) is 39.8 Å². The van der Waals surface area contributed by atoms with Crippen LogP contribution >= 0.6 is 0 Å². The lowest BCUT2D eigenvalue weighted by Crippen LogP contribution is -2.36. The minimum Gasteiger partial charge on any atom is -0.329 e. The van der Waals surface area contributed by atoms with Gasteiger partial charge in [0.25, 0.3) is 0 Å². The molecule has 3 heteroatoms. The number of nitrogens with two attached hydrogens (primary N) is 1. The number of hydrogen-bond donors (Lipinski definition) is 1. The van der Waals surface area contributed by atoms with E-state index >= 15 is 0 Å². The molecule has 0 fully saturated rings. The number of carbonyl (C=O) groups excluding carboxylic acids is 1. The molecule has 0 heterocycles. The summed E-state index contributed by atoms with van der Waals surface area (Å²) in [6.45, 7) is 9.50. The molecule has 0 saturated heterocycles. The lowest BCUT2D eigenvalue weighted by Gasteiger charge is -2.23. The van der Waals surface area contributed by atoms with Crippen molar-refractivity contribution in [2.45, 2.75) is 40.0 Å². The van der Waals surface area contributed by atoms with Gasteiger partial charge in [-0.15, -0.1) is 0 Å². The Kier molecular flexibility index (Phi) is 6.03. The van der Waals surface area contributed by atoms with Crippen molar-refractivity contribution in [3.63, 3.8) is 0 Å². The Labute approximate surface area is 116 Å². The number of benzene rings is 1. The lowest BCUT2D eigenvalue weighted by molar-refractivity contribution is -0.119. The summed E-state index contributed by atoms with van der Waals surface area (Å²) < 4.78 is 0. The molecule has 0 radical (unpaired) electrons. The summed E-state index contributed by atoms with van der Waals surface area (Å²) in [5.41, 5.74) is 7.85. The zero-order valence-electron chi connectivity index (χ0n) is 12.5. The van der Waals surface area contributed by atoms with Gasteiger partial charge in [0, 0.05) is 25.2 Å². The van der Waals surface area contributed by atoms with Gasteiger partial charge in [0.05, 0.1) is 0 Å². The van der Waals surface area contributed by atoms with Crippen LogP contribution in [0.15, 0.2) is 24.3 Å². The molecule has 0 bridgehead atoms. The second-order valence-corrected chi connectivity index (χ2v) is 5.68. The van der Waals surface area contributed by atoms with Gasteiger partial charge >= 0.3 is 0 Å².